The van der Waals surface area contributed by atoms with Crippen molar-refractivity contribution in [2.24, 2.45) is 0 Å². The van der Waals surface area contributed by atoms with Gasteiger partial charge in [0, 0.05) is 5.56 Å². The number of aromatic nitrogens is 2. The van der Waals surface area contributed by atoms with Gasteiger partial charge in [-0.1, -0.05) is 78.0 Å². The van der Waals surface area contributed by atoms with Crippen LogP contribution in [0.15, 0.2) is 89.5 Å². The largest absolute Gasteiger partial charge is 0.435 e. The van der Waals surface area contributed by atoms with Gasteiger partial charge in [-0.15, -0.1) is 0 Å². The maximum absolute atomic E-state index is 12.4. The standard InChI is InChI=1S/C23H19F2N3O2/c24-23(25)29-19-13-11-17(12-14-19)21(16-7-3-1-4-8-16)26-15-20-27-22(28-30-20)18-9-5-2-6-10-18/h1-14,21,23,26H,15H2/t21-/m1/s1. The van der Waals surface area contributed by atoms with Gasteiger partial charge in [0.2, 0.25) is 11.7 Å². The van der Waals surface area contributed by atoms with Crippen molar-refractivity contribution in [2.45, 2.75) is 19.2 Å². The first-order valence-corrected chi connectivity index (χ1v) is 9.40. The zero-order valence-corrected chi connectivity index (χ0v) is 15.9. The number of halogens is 2. The predicted octanol–water partition coefficient (Wildman–Crippen LogP) is 5.22. The Hall–Kier alpha value is -3.58. The van der Waals surface area contributed by atoms with Gasteiger partial charge >= 0.3 is 6.61 Å². The average molecular weight is 407 g/mol. The van der Waals surface area contributed by atoms with Crippen LogP contribution in [0.5, 0.6) is 5.75 Å². The summed E-state index contributed by atoms with van der Waals surface area (Å²) in [5.74, 6) is 1.09. The van der Waals surface area contributed by atoms with Gasteiger partial charge in [0.1, 0.15) is 5.75 Å². The lowest BCUT2D eigenvalue weighted by Crippen LogP contribution is -2.22. The summed E-state index contributed by atoms with van der Waals surface area (Å²) in [6.07, 6.45) is 0. The van der Waals surface area contributed by atoms with Gasteiger partial charge in [-0.05, 0) is 23.3 Å². The highest BCUT2D eigenvalue weighted by Crippen LogP contribution is 2.25. The lowest BCUT2D eigenvalue weighted by Gasteiger charge is -2.19. The number of rotatable bonds is 8. The molecule has 0 aliphatic rings. The van der Waals surface area contributed by atoms with Gasteiger partial charge in [0.15, 0.2) is 0 Å². The molecule has 0 unspecified atom stereocenters. The van der Waals surface area contributed by atoms with Gasteiger partial charge in [-0.3, -0.25) is 5.32 Å². The van der Waals surface area contributed by atoms with Crippen molar-refractivity contribution in [1.29, 1.82) is 0 Å². The Balaban J connectivity index is 1.52. The number of alkyl halides is 2. The first kappa shape index (κ1) is 19.7. The van der Waals surface area contributed by atoms with Crippen molar-refractivity contribution in [1.82, 2.24) is 15.5 Å². The molecule has 0 aliphatic carbocycles. The molecule has 4 rings (SSSR count). The Kier molecular flexibility index (Phi) is 6.10. The summed E-state index contributed by atoms with van der Waals surface area (Å²) in [6.45, 7) is -2.51. The molecule has 3 aromatic carbocycles. The van der Waals surface area contributed by atoms with Crippen LogP contribution >= 0.6 is 0 Å². The van der Waals surface area contributed by atoms with Crippen LogP contribution in [0.3, 0.4) is 0 Å². The van der Waals surface area contributed by atoms with Gasteiger partial charge in [-0.25, -0.2) is 0 Å². The van der Waals surface area contributed by atoms with E-state index in [1.165, 1.54) is 12.1 Å². The van der Waals surface area contributed by atoms with E-state index in [1.807, 2.05) is 60.7 Å². The van der Waals surface area contributed by atoms with Crippen LogP contribution in [0.2, 0.25) is 0 Å². The van der Waals surface area contributed by atoms with Crippen LogP contribution in [0.25, 0.3) is 11.4 Å². The fourth-order valence-corrected chi connectivity index (χ4v) is 3.14. The summed E-state index contributed by atoms with van der Waals surface area (Å²) in [5.41, 5.74) is 2.79. The summed E-state index contributed by atoms with van der Waals surface area (Å²) in [7, 11) is 0. The van der Waals surface area contributed by atoms with E-state index in [0.717, 1.165) is 16.7 Å². The van der Waals surface area contributed by atoms with Crippen molar-refractivity contribution in [3.63, 3.8) is 0 Å². The minimum absolute atomic E-state index is 0.116. The summed E-state index contributed by atoms with van der Waals surface area (Å²) >= 11 is 0. The topological polar surface area (TPSA) is 60.2 Å². The third-order valence-electron chi connectivity index (χ3n) is 4.53. The molecular formula is C23H19F2N3O2. The second-order valence-electron chi connectivity index (χ2n) is 6.55. The molecule has 4 aromatic rings. The van der Waals surface area contributed by atoms with Crippen LogP contribution in [0.4, 0.5) is 8.78 Å². The van der Waals surface area contributed by atoms with Gasteiger partial charge in [0.25, 0.3) is 0 Å². The molecule has 0 aliphatic heterocycles. The van der Waals surface area contributed by atoms with Crippen LogP contribution in [0, 0.1) is 0 Å². The molecule has 0 saturated heterocycles. The van der Waals surface area contributed by atoms with E-state index in [9.17, 15) is 8.78 Å². The minimum Gasteiger partial charge on any atom is -0.435 e. The lowest BCUT2D eigenvalue weighted by molar-refractivity contribution is -0.0498. The normalized spacial score (nSPS) is 12.1. The van der Waals surface area contributed by atoms with Gasteiger partial charge < -0.3 is 9.26 Å². The molecule has 1 atom stereocenters. The van der Waals surface area contributed by atoms with Gasteiger partial charge in [-0.2, -0.15) is 13.8 Å². The molecule has 1 heterocycles. The SMILES string of the molecule is FC(F)Oc1ccc([C@H](NCc2nc(-c3ccccc3)no2)c2ccccc2)cc1. The molecule has 0 amide bonds. The Bertz CT molecular complexity index is 1050. The Morgan fingerprint density at radius 1 is 0.833 bits per heavy atom. The zero-order chi connectivity index (χ0) is 20.8. The third-order valence-corrected chi connectivity index (χ3v) is 4.53. The average Bonchev–Trinajstić information content (AvgIpc) is 3.25. The summed E-state index contributed by atoms with van der Waals surface area (Å²) < 4.78 is 34.7. The zero-order valence-electron chi connectivity index (χ0n) is 15.9. The Labute approximate surface area is 172 Å². The molecule has 0 radical (unpaired) electrons. The first-order chi connectivity index (χ1) is 14.7. The molecule has 5 nitrogen and oxygen atoms in total. The maximum atomic E-state index is 12.4. The first-order valence-electron chi connectivity index (χ1n) is 9.40. The fraction of sp³-hybridized carbons (Fsp3) is 0.130. The maximum Gasteiger partial charge on any atom is 0.387 e. The van der Waals surface area contributed by atoms with Crippen LogP contribution < -0.4 is 10.1 Å². The molecule has 30 heavy (non-hydrogen) atoms. The van der Waals surface area contributed by atoms with Crippen molar-refractivity contribution < 1.29 is 18.0 Å². The van der Waals surface area contributed by atoms with Gasteiger partial charge in [0.05, 0.1) is 12.6 Å². The second-order valence-corrected chi connectivity index (χ2v) is 6.55. The summed E-state index contributed by atoms with van der Waals surface area (Å²) in [6, 6.07) is 25.8. The van der Waals surface area contributed by atoms with E-state index in [4.69, 9.17) is 4.52 Å². The Morgan fingerprint density at radius 3 is 2.13 bits per heavy atom. The van der Waals surface area contributed by atoms with E-state index < -0.39 is 6.61 Å². The van der Waals surface area contributed by atoms with Crippen molar-refractivity contribution >= 4 is 0 Å². The van der Waals surface area contributed by atoms with E-state index in [1.54, 1.807) is 12.1 Å². The van der Waals surface area contributed by atoms with Crippen molar-refractivity contribution in [2.75, 3.05) is 0 Å². The lowest BCUT2D eigenvalue weighted by atomic mass is 9.98. The van der Waals surface area contributed by atoms with E-state index in [2.05, 4.69) is 20.2 Å². The molecule has 0 saturated carbocycles. The van der Waals surface area contributed by atoms with Crippen LogP contribution in [-0.2, 0) is 6.54 Å². The third kappa shape index (κ3) is 4.87. The highest BCUT2D eigenvalue weighted by molar-refractivity contribution is 5.53. The molecule has 0 fully saturated rings. The molecule has 0 spiro atoms. The van der Waals surface area contributed by atoms with Crippen molar-refractivity contribution in [3.05, 3.63) is 102 Å². The number of benzene rings is 3. The second kappa shape index (κ2) is 9.28. The van der Waals surface area contributed by atoms with Crippen LogP contribution in [0.1, 0.15) is 23.1 Å². The van der Waals surface area contributed by atoms with Crippen LogP contribution in [-0.4, -0.2) is 16.8 Å². The molecular weight excluding hydrogens is 388 g/mol. The fourth-order valence-electron chi connectivity index (χ4n) is 3.14. The molecule has 0 bridgehead atoms. The summed E-state index contributed by atoms with van der Waals surface area (Å²) in [5, 5.41) is 7.44. The monoisotopic (exact) mass is 407 g/mol. The molecule has 1 N–H and O–H groups in total. The summed E-state index contributed by atoms with van der Waals surface area (Å²) in [4.78, 5) is 4.44. The number of ether oxygens (including phenoxy) is 1. The number of nitrogens with zero attached hydrogens (tertiary/aromatic N) is 2. The van der Waals surface area contributed by atoms with Crippen molar-refractivity contribution in [3.8, 4) is 17.1 Å². The Morgan fingerprint density at radius 2 is 1.47 bits per heavy atom. The quantitative estimate of drug-likeness (QED) is 0.434. The number of hydrogen-bond acceptors (Lipinski definition) is 5. The number of nitrogens with one attached hydrogen (secondary N) is 1. The minimum atomic E-state index is -2.85. The molecule has 7 heteroatoms. The van der Waals surface area contributed by atoms with E-state index in [0.29, 0.717) is 18.3 Å². The highest BCUT2D eigenvalue weighted by atomic mass is 19.3. The molecule has 1 aromatic heterocycles. The number of hydrogen-bond donors (Lipinski definition) is 1. The highest BCUT2D eigenvalue weighted by Gasteiger charge is 2.16. The van der Waals surface area contributed by atoms with E-state index in [-0.39, 0.29) is 11.8 Å². The molecule has 152 valence electrons. The smallest absolute Gasteiger partial charge is 0.387 e. The van der Waals surface area contributed by atoms with E-state index >= 15 is 0 Å². The predicted molar refractivity (Wildman–Crippen MR) is 108 cm³/mol.